The summed E-state index contributed by atoms with van der Waals surface area (Å²) in [6, 6.07) is 15.7. The maximum atomic E-state index is 12.9. The monoisotopic (exact) mass is 411 g/mol. The lowest BCUT2D eigenvalue weighted by molar-refractivity contribution is -0.142. The number of anilines is 1. The first-order chi connectivity index (χ1) is 14.0. The number of para-hydroxylation sites is 2. The Morgan fingerprint density at radius 1 is 0.966 bits per heavy atom. The molecule has 1 fully saturated rings. The van der Waals surface area contributed by atoms with E-state index in [1.807, 2.05) is 43.3 Å². The molecule has 29 heavy (non-hydrogen) atoms. The molecule has 0 aliphatic carbocycles. The van der Waals surface area contributed by atoms with Crippen molar-refractivity contribution in [2.45, 2.75) is 6.10 Å². The highest BCUT2D eigenvalue weighted by molar-refractivity contribution is 7.80. The Labute approximate surface area is 176 Å². The first kappa shape index (κ1) is 19.5. The van der Waals surface area contributed by atoms with Gasteiger partial charge in [-0.25, -0.2) is 0 Å². The van der Waals surface area contributed by atoms with E-state index in [0.717, 1.165) is 16.2 Å². The Morgan fingerprint density at radius 2 is 1.59 bits per heavy atom. The second-order valence-corrected chi connectivity index (χ2v) is 7.81. The number of piperazine rings is 1. The van der Waals surface area contributed by atoms with E-state index in [1.54, 1.807) is 0 Å². The zero-order chi connectivity index (χ0) is 20.4. The van der Waals surface area contributed by atoms with Crippen LogP contribution in [-0.2, 0) is 4.79 Å². The van der Waals surface area contributed by atoms with E-state index in [0.29, 0.717) is 37.7 Å². The van der Waals surface area contributed by atoms with Gasteiger partial charge in [-0.1, -0.05) is 24.4 Å². The molecule has 2 aliphatic rings. The summed E-state index contributed by atoms with van der Waals surface area (Å²) in [5.74, 6) is 1.28. The predicted molar refractivity (Wildman–Crippen MR) is 117 cm³/mol. The van der Waals surface area contributed by atoms with Crippen molar-refractivity contribution >= 4 is 28.8 Å². The second-order valence-electron chi connectivity index (χ2n) is 7.42. The van der Waals surface area contributed by atoms with Crippen molar-refractivity contribution in [1.29, 1.82) is 0 Å². The molecule has 2 heterocycles. The van der Waals surface area contributed by atoms with Gasteiger partial charge < -0.3 is 24.2 Å². The molecule has 0 aromatic heterocycles. The molecule has 152 valence electrons. The van der Waals surface area contributed by atoms with Crippen LogP contribution in [0, 0.1) is 0 Å². The number of carbonyl (C=O) groups is 1. The van der Waals surface area contributed by atoms with Crippen LogP contribution < -0.4 is 14.4 Å². The third kappa shape index (κ3) is 4.15. The van der Waals surface area contributed by atoms with Crippen molar-refractivity contribution in [2.75, 3.05) is 51.8 Å². The maximum absolute atomic E-state index is 12.9. The van der Waals surface area contributed by atoms with E-state index in [2.05, 4.69) is 34.1 Å². The average molecular weight is 412 g/mol. The van der Waals surface area contributed by atoms with Crippen molar-refractivity contribution in [3.05, 3.63) is 54.1 Å². The van der Waals surface area contributed by atoms with E-state index in [-0.39, 0.29) is 12.5 Å². The minimum absolute atomic E-state index is 0.0274. The normalized spacial score (nSPS) is 18.3. The number of fused-ring (bicyclic) bond motifs is 1. The molecule has 0 spiro atoms. The summed E-state index contributed by atoms with van der Waals surface area (Å²) in [5, 5.41) is 0. The van der Waals surface area contributed by atoms with Gasteiger partial charge in [0.15, 0.2) is 11.5 Å². The van der Waals surface area contributed by atoms with Gasteiger partial charge in [-0.15, -0.1) is 0 Å². The third-order valence-corrected chi connectivity index (χ3v) is 5.79. The smallest absolute Gasteiger partial charge is 0.267 e. The standard InChI is InChI=1S/C22H25N3O3S/c1-23(2)17-9-7-16(8-10-17)22(29)25-13-11-24(12-14-25)21(26)20-15-27-18-5-3-4-6-19(18)28-20/h3-10,20H,11-15H2,1-2H3/t20-/m1/s1. The van der Waals surface area contributed by atoms with Crippen molar-refractivity contribution in [1.82, 2.24) is 9.80 Å². The van der Waals surface area contributed by atoms with Gasteiger partial charge in [0.25, 0.3) is 5.91 Å². The van der Waals surface area contributed by atoms with E-state index in [9.17, 15) is 4.79 Å². The molecule has 0 radical (unpaired) electrons. The third-order valence-electron chi connectivity index (χ3n) is 5.29. The van der Waals surface area contributed by atoms with Crippen LogP contribution in [0.1, 0.15) is 5.56 Å². The number of benzene rings is 2. The number of thiocarbonyl (C=S) groups is 1. The average Bonchev–Trinajstić information content (AvgIpc) is 2.78. The predicted octanol–water partition coefficient (Wildman–Crippen LogP) is 2.41. The van der Waals surface area contributed by atoms with Gasteiger partial charge in [-0.2, -0.15) is 0 Å². The van der Waals surface area contributed by atoms with E-state index < -0.39 is 6.10 Å². The molecule has 6 nitrogen and oxygen atoms in total. The van der Waals surface area contributed by atoms with Crippen LogP contribution in [0.4, 0.5) is 5.69 Å². The Bertz CT molecular complexity index is 892. The molecular weight excluding hydrogens is 386 g/mol. The highest BCUT2D eigenvalue weighted by Gasteiger charge is 2.33. The SMILES string of the molecule is CN(C)c1ccc(C(=S)N2CCN(C(=O)[C@H]3COc4ccccc4O3)CC2)cc1. The highest BCUT2D eigenvalue weighted by Crippen LogP contribution is 2.31. The number of hydrogen-bond acceptors (Lipinski definition) is 5. The largest absolute Gasteiger partial charge is 0.485 e. The highest BCUT2D eigenvalue weighted by atomic mass is 32.1. The molecule has 0 bridgehead atoms. The lowest BCUT2D eigenvalue weighted by atomic mass is 10.1. The lowest BCUT2D eigenvalue weighted by Crippen LogP contribution is -2.55. The molecule has 2 aromatic carbocycles. The number of hydrogen-bond donors (Lipinski definition) is 0. The van der Waals surface area contributed by atoms with Crippen LogP contribution in [0.3, 0.4) is 0 Å². The number of rotatable bonds is 3. The molecule has 4 rings (SSSR count). The van der Waals surface area contributed by atoms with Gasteiger partial charge in [0, 0.05) is 51.5 Å². The fraction of sp³-hybridized carbons (Fsp3) is 0.364. The summed E-state index contributed by atoms with van der Waals surface area (Å²) in [6.07, 6.45) is -0.595. The van der Waals surface area contributed by atoms with Gasteiger partial charge in [0.1, 0.15) is 11.6 Å². The van der Waals surface area contributed by atoms with Crippen molar-refractivity contribution in [3.8, 4) is 11.5 Å². The van der Waals surface area contributed by atoms with Crippen molar-refractivity contribution in [2.24, 2.45) is 0 Å². The summed E-state index contributed by atoms with van der Waals surface area (Å²) < 4.78 is 11.5. The van der Waals surface area contributed by atoms with Crippen LogP contribution in [0.25, 0.3) is 0 Å². The summed E-state index contributed by atoms with van der Waals surface area (Å²) in [7, 11) is 4.03. The fourth-order valence-electron chi connectivity index (χ4n) is 3.56. The molecule has 2 aromatic rings. The zero-order valence-electron chi connectivity index (χ0n) is 16.7. The first-order valence-corrected chi connectivity index (χ1v) is 10.2. The number of nitrogens with zero attached hydrogens (tertiary/aromatic N) is 3. The maximum Gasteiger partial charge on any atom is 0.267 e. The Balaban J connectivity index is 1.33. The fourth-order valence-corrected chi connectivity index (χ4v) is 3.88. The Morgan fingerprint density at radius 3 is 2.24 bits per heavy atom. The summed E-state index contributed by atoms with van der Waals surface area (Å²) in [6.45, 7) is 2.91. The topological polar surface area (TPSA) is 45.2 Å². The van der Waals surface area contributed by atoms with Crippen LogP contribution in [0.2, 0.25) is 0 Å². The van der Waals surface area contributed by atoms with E-state index in [1.165, 1.54) is 0 Å². The van der Waals surface area contributed by atoms with Gasteiger partial charge in [-0.3, -0.25) is 4.79 Å². The van der Waals surface area contributed by atoms with Gasteiger partial charge in [0.2, 0.25) is 6.10 Å². The number of ether oxygens (including phenoxy) is 2. The van der Waals surface area contributed by atoms with Crippen molar-refractivity contribution in [3.63, 3.8) is 0 Å². The number of carbonyl (C=O) groups excluding carboxylic acids is 1. The van der Waals surface area contributed by atoms with E-state index >= 15 is 0 Å². The zero-order valence-corrected chi connectivity index (χ0v) is 17.5. The van der Waals surface area contributed by atoms with Crippen molar-refractivity contribution < 1.29 is 14.3 Å². The van der Waals surface area contributed by atoms with Crippen LogP contribution in [0.5, 0.6) is 11.5 Å². The summed E-state index contributed by atoms with van der Waals surface area (Å²) in [4.78, 5) is 19.8. The second kappa shape index (κ2) is 8.29. The molecular formula is C22H25N3O3S. The molecule has 0 unspecified atom stereocenters. The molecule has 1 amide bonds. The molecule has 2 aliphatic heterocycles. The molecule has 0 N–H and O–H groups in total. The number of amides is 1. The molecule has 1 saturated heterocycles. The Kier molecular flexibility index (Phi) is 5.58. The minimum Gasteiger partial charge on any atom is -0.485 e. The quantitative estimate of drug-likeness (QED) is 0.723. The molecule has 0 saturated carbocycles. The van der Waals surface area contributed by atoms with Crippen LogP contribution >= 0.6 is 12.2 Å². The van der Waals surface area contributed by atoms with E-state index in [4.69, 9.17) is 21.7 Å². The minimum atomic E-state index is -0.595. The van der Waals surface area contributed by atoms with Gasteiger partial charge in [0.05, 0.1) is 0 Å². The Hall–Kier alpha value is -2.80. The first-order valence-electron chi connectivity index (χ1n) is 9.77. The lowest BCUT2D eigenvalue weighted by Gasteiger charge is -2.38. The summed E-state index contributed by atoms with van der Waals surface area (Å²) >= 11 is 5.69. The van der Waals surface area contributed by atoms with Gasteiger partial charge >= 0.3 is 0 Å². The molecule has 7 heteroatoms. The van der Waals surface area contributed by atoms with Gasteiger partial charge in [-0.05, 0) is 36.4 Å². The van der Waals surface area contributed by atoms with Crippen LogP contribution in [-0.4, -0.2) is 73.7 Å². The molecule has 1 atom stereocenters. The van der Waals surface area contributed by atoms with Crippen LogP contribution in [0.15, 0.2) is 48.5 Å². The summed E-state index contributed by atoms with van der Waals surface area (Å²) in [5.41, 5.74) is 2.18.